The predicted octanol–water partition coefficient (Wildman–Crippen LogP) is 1.80. The number of morpholine rings is 1. The molecular formula is C16H23N3O4S2. The Balaban J connectivity index is 1.69. The van der Waals surface area contributed by atoms with Crippen molar-refractivity contribution in [3.63, 3.8) is 0 Å². The average molecular weight is 386 g/mol. The molecule has 138 valence electrons. The zero-order chi connectivity index (χ0) is 18.1. The molecule has 25 heavy (non-hydrogen) atoms. The van der Waals surface area contributed by atoms with Crippen molar-refractivity contribution in [2.75, 3.05) is 31.2 Å². The first-order valence-electron chi connectivity index (χ1n) is 8.43. The zero-order valence-electron chi connectivity index (χ0n) is 14.5. The lowest BCUT2D eigenvalue weighted by Gasteiger charge is -2.45. The highest BCUT2D eigenvalue weighted by Crippen LogP contribution is 2.32. The van der Waals surface area contributed by atoms with E-state index in [2.05, 4.69) is 8.74 Å². The first-order valence-corrected chi connectivity index (χ1v) is 11.1. The van der Waals surface area contributed by atoms with E-state index >= 15 is 0 Å². The van der Waals surface area contributed by atoms with Gasteiger partial charge in [-0.15, -0.1) is 0 Å². The highest BCUT2D eigenvalue weighted by molar-refractivity contribution is 7.93. The molecule has 0 aromatic carbocycles. The van der Waals surface area contributed by atoms with Crippen LogP contribution >= 0.6 is 11.5 Å². The van der Waals surface area contributed by atoms with Gasteiger partial charge in [-0.05, 0) is 30.4 Å². The maximum Gasteiger partial charge on any atom is 0.273 e. The fourth-order valence-electron chi connectivity index (χ4n) is 3.08. The number of rotatable bonds is 2. The summed E-state index contributed by atoms with van der Waals surface area (Å²) in [5, 5.41) is 1.78. The first-order chi connectivity index (χ1) is 11.8. The summed E-state index contributed by atoms with van der Waals surface area (Å²) >= 11 is 1.26. The van der Waals surface area contributed by atoms with Crippen molar-refractivity contribution in [1.29, 1.82) is 0 Å². The number of nitrogens with zero attached hydrogens (tertiary/aromatic N) is 3. The van der Waals surface area contributed by atoms with Crippen LogP contribution in [0, 0.1) is 5.92 Å². The highest BCUT2D eigenvalue weighted by atomic mass is 32.2. The van der Waals surface area contributed by atoms with Crippen LogP contribution in [0.25, 0.3) is 0 Å². The lowest BCUT2D eigenvalue weighted by atomic mass is 9.94. The van der Waals surface area contributed by atoms with Gasteiger partial charge in [-0.3, -0.25) is 9.59 Å². The molecule has 7 nitrogen and oxygen atoms in total. The van der Waals surface area contributed by atoms with E-state index in [9.17, 15) is 13.8 Å². The van der Waals surface area contributed by atoms with Gasteiger partial charge in [0.15, 0.2) is 0 Å². The molecule has 2 aliphatic rings. The first kappa shape index (κ1) is 18.5. The molecule has 1 spiro atoms. The van der Waals surface area contributed by atoms with Crippen molar-refractivity contribution in [3.8, 4) is 0 Å². The Bertz CT molecular complexity index is 752. The normalized spacial score (nSPS) is 29.8. The van der Waals surface area contributed by atoms with E-state index in [0.717, 1.165) is 0 Å². The van der Waals surface area contributed by atoms with E-state index in [-0.39, 0.29) is 17.7 Å². The second-order valence-electron chi connectivity index (χ2n) is 6.91. The molecule has 9 heteroatoms. The molecule has 2 saturated heterocycles. The van der Waals surface area contributed by atoms with Crippen molar-refractivity contribution in [2.24, 2.45) is 10.3 Å². The summed E-state index contributed by atoms with van der Waals surface area (Å²) in [7, 11) is -2.51. The molecule has 0 radical (unpaired) electrons. The number of carbonyl (C=O) groups excluding carboxylic acids is 2. The van der Waals surface area contributed by atoms with Crippen LogP contribution in [-0.2, 0) is 19.3 Å². The van der Waals surface area contributed by atoms with Gasteiger partial charge in [0.05, 0.1) is 28.5 Å². The Morgan fingerprint density at radius 2 is 2.12 bits per heavy atom. The van der Waals surface area contributed by atoms with E-state index in [1.54, 1.807) is 30.2 Å². The topological polar surface area (TPSA) is 88.9 Å². The monoisotopic (exact) mass is 385 g/mol. The van der Waals surface area contributed by atoms with Gasteiger partial charge in [0, 0.05) is 29.3 Å². The third-order valence-electron chi connectivity index (χ3n) is 4.70. The summed E-state index contributed by atoms with van der Waals surface area (Å²) in [4.78, 5) is 26.1. The molecule has 1 aromatic heterocycles. The van der Waals surface area contributed by atoms with Gasteiger partial charge < -0.3 is 9.64 Å². The summed E-state index contributed by atoms with van der Waals surface area (Å²) in [6.07, 6.45) is 1.09. The van der Waals surface area contributed by atoms with Crippen LogP contribution < -0.4 is 0 Å². The molecule has 0 saturated carbocycles. The number of hydrogen-bond donors (Lipinski definition) is 0. The Morgan fingerprint density at radius 1 is 1.40 bits per heavy atom. The van der Waals surface area contributed by atoms with Crippen molar-refractivity contribution in [3.05, 3.63) is 17.1 Å². The fraction of sp³-hybridized carbons (Fsp3) is 0.688. The Hall–Kier alpha value is -1.32. The maximum absolute atomic E-state index is 12.8. The SMILES string of the molecule is CC(C)C(=O)N=S1(=O)CCC2(CC1)CN(C(=O)c1ccsn1)CCO2. The fourth-order valence-corrected chi connectivity index (χ4v) is 5.89. The molecule has 0 unspecified atom stereocenters. The van der Waals surface area contributed by atoms with Crippen LogP contribution in [0.1, 0.15) is 37.2 Å². The molecule has 3 rings (SSSR count). The number of ether oxygens (including phenoxy) is 1. The molecule has 2 aliphatic heterocycles. The molecule has 2 fully saturated rings. The summed E-state index contributed by atoms with van der Waals surface area (Å²) in [5.41, 5.74) is -0.0273. The largest absolute Gasteiger partial charge is 0.371 e. The lowest BCUT2D eigenvalue weighted by molar-refractivity contribution is -0.120. The van der Waals surface area contributed by atoms with Gasteiger partial charge in [0.1, 0.15) is 5.69 Å². The van der Waals surface area contributed by atoms with E-state index in [0.29, 0.717) is 49.7 Å². The van der Waals surface area contributed by atoms with Crippen LogP contribution in [0.4, 0.5) is 0 Å². The molecular weight excluding hydrogens is 362 g/mol. The quantitative estimate of drug-likeness (QED) is 0.774. The number of aromatic nitrogens is 1. The molecule has 0 N–H and O–H groups in total. The van der Waals surface area contributed by atoms with Crippen LogP contribution in [0.3, 0.4) is 0 Å². The Labute approximate surface area is 152 Å². The van der Waals surface area contributed by atoms with Crippen LogP contribution in [0.5, 0.6) is 0 Å². The second-order valence-corrected chi connectivity index (χ2v) is 10.1. The van der Waals surface area contributed by atoms with Gasteiger partial charge in [-0.25, -0.2) is 4.21 Å². The van der Waals surface area contributed by atoms with Gasteiger partial charge in [-0.1, -0.05) is 13.8 Å². The molecule has 0 atom stereocenters. The molecule has 3 heterocycles. The van der Waals surface area contributed by atoms with Gasteiger partial charge in [-0.2, -0.15) is 8.74 Å². The third kappa shape index (κ3) is 4.09. The second kappa shape index (κ2) is 7.13. The van der Waals surface area contributed by atoms with E-state index < -0.39 is 15.3 Å². The minimum Gasteiger partial charge on any atom is -0.371 e. The van der Waals surface area contributed by atoms with Crippen LogP contribution in [0.15, 0.2) is 15.8 Å². The summed E-state index contributed by atoms with van der Waals surface area (Å²) in [5.74, 6) is 0.0427. The number of amides is 2. The van der Waals surface area contributed by atoms with Crippen molar-refractivity contribution < 1.29 is 18.5 Å². The Kier molecular flexibility index (Phi) is 5.26. The average Bonchev–Trinajstić information content (AvgIpc) is 3.12. The van der Waals surface area contributed by atoms with Crippen molar-refractivity contribution in [1.82, 2.24) is 9.27 Å². The van der Waals surface area contributed by atoms with Crippen molar-refractivity contribution in [2.45, 2.75) is 32.3 Å². The standard InChI is InChI=1S/C16H23N3O4S2/c1-12(2)14(20)18-25(22)9-4-16(5-10-25)11-19(6-7-23-16)15(21)13-3-8-24-17-13/h3,8,12H,4-7,9-11H2,1-2H3. The predicted molar refractivity (Wildman–Crippen MR) is 96.1 cm³/mol. The van der Waals surface area contributed by atoms with Crippen LogP contribution in [0.2, 0.25) is 0 Å². The number of carbonyl (C=O) groups is 2. The smallest absolute Gasteiger partial charge is 0.273 e. The van der Waals surface area contributed by atoms with E-state index in [1.807, 2.05) is 0 Å². The van der Waals surface area contributed by atoms with Gasteiger partial charge in [0.25, 0.3) is 11.8 Å². The molecule has 0 aliphatic carbocycles. The maximum atomic E-state index is 12.8. The van der Waals surface area contributed by atoms with Crippen molar-refractivity contribution >= 4 is 33.1 Å². The van der Waals surface area contributed by atoms with E-state index in [1.165, 1.54) is 11.5 Å². The zero-order valence-corrected chi connectivity index (χ0v) is 16.1. The molecule has 1 aromatic rings. The Morgan fingerprint density at radius 3 is 2.72 bits per heavy atom. The van der Waals surface area contributed by atoms with Gasteiger partial charge >= 0.3 is 0 Å². The minimum absolute atomic E-state index is 0.0881. The summed E-state index contributed by atoms with van der Waals surface area (Å²) in [6.45, 7) is 4.97. The highest BCUT2D eigenvalue weighted by Gasteiger charge is 2.42. The summed E-state index contributed by atoms with van der Waals surface area (Å²) < 4.78 is 26.9. The van der Waals surface area contributed by atoms with E-state index in [4.69, 9.17) is 4.74 Å². The van der Waals surface area contributed by atoms with Crippen LogP contribution in [-0.4, -0.2) is 62.1 Å². The minimum atomic E-state index is -2.51. The third-order valence-corrected chi connectivity index (χ3v) is 7.45. The van der Waals surface area contributed by atoms with Gasteiger partial charge in [0.2, 0.25) is 0 Å². The molecule has 0 bridgehead atoms. The molecule has 2 amide bonds. The summed E-state index contributed by atoms with van der Waals surface area (Å²) in [6, 6.07) is 1.72. The number of hydrogen-bond acceptors (Lipinski definition) is 6. The lowest BCUT2D eigenvalue weighted by Crippen LogP contribution is -2.56.